The summed E-state index contributed by atoms with van der Waals surface area (Å²) < 4.78 is 19.6. The van der Waals surface area contributed by atoms with E-state index < -0.39 is 53.7 Å². The van der Waals surface area contributed by atoms with E-state index in [1.807, 2.05) is 20.8 Å². The van der Waals surface area contributed by atoms with Gasteiger partial charge in [0.1, 0.15) is 30.0 Å². The van der Waals surface area contributed by atoms with Crippen molar-refractivity contribution >= 4 is 23.7 Å². The molecule has 1 fully saturated rings. The number of amides is 3. The number of esters is 1. The standard InChI is InChI=1S/C27H40FN3O5/c1-6-8-10-17(4)22-15-23(32)30-21(14-19-11-9-12-20(28)13-19)26(34)29-18(5)25(33)31-24(16(3)7-2)27(35)36-22/h9,11-13,16-18,21-22,24H,6-8,10,14-15H2,1-5H3,(H,29,34)(H,30,32)(H,31,33). The third-order valence-corrected chi connectivity index (χ3v) is 6.80. The van der Waals surface area contributed by atoms with Crippen molar-refractivity contribution in [3.63, 3.8) is 0 Å². The maximum atomic E-state index is 13.7. The number of halogens is 1. The van der Waals surface area contributed by atoms with Crippen molar-refractivity contribution in [2.75, 3.05) is 0 Å². The first-order chi connectivity index (χ1) is 17.0. The molecule has 2 rings (SSSR count). The molecule has 0 aromatic heterocycles. The summed E-state index contributed by atoms with van der Waals surface area (Å²) in [4.78, 5) is 52.2. The summed E-state index contributed by atoms with van der Waals surface area (Å²) in [6.45, 7) is 9.23. The topological polar surface area (TPSA) is 114 Å². The summed E-state index contributed by atoms with van der Waals surface area (Å²) in [7, 11) is 0. The van der Waals surface area contributed by atoms with Crippen molar-refractivity contribution < 1.29 is 28.3 Å². The van der Waals surface area contributed by atoms with E-state index in [-0.39, 0.29) is 24.7 Å². The number of benzene rings is 1. The van der Waals surface area contributed by atoms with E-state index in [4.69, 9.17) is 4.74 Å². The minimum absolute atomic E-state index is 0.0367. The van der Waals surface area contributed by atoms with Gasteiger partial charge in [0.25, 0.3) is 0 Å². The van der Waals surface area contributed by atoms with Crippen LogP contribution in [0.15, 0.2) is 24.3 Å². The summed E-state index contributed by atoms with van der Waals surface area (Å²) in [6.07, 6.45) is 2.43. The highest BCUT2D eigenvalue weighted by atomic mass is 19.1. The van der Waals surface area contributed by atoms with Crippen molar-refractivity contribution in [1.29, 1.82) is 0 Å². The van der Waals surface area contributed by atoms with Crippen LogP contribution < -0.4 is 16.0 Å². The lowest BCUT2D eigenvalue weighted by Crippen LogP contribution is -2.55. The molecule has 0 radical (unpaired) electrons. The zero-order valence-electron chi connectivity index (χ0n) is 21.9. The molecule has 1 saturated heterocycles. The molecule has 0 saturated carbocycles. The molecule has 6 unspecified atom stereocenters. The minimum atomic E-state index is -1.04. The Morgan fingerprint density at radius 3 is 2.39 bits per heavy atom. The lowest BCUT2D eigenvalue weighted by molar-refractivity contribution is -0.158. The number of cyclic esters (lactones) is 1. The van der Waals surface area contributed by atoms with E-state index in [1.165, 1.54) is 25.1 Å². The molecule has 1 aromatic rings. The molecule has 9 heteroatoms. The molecule has 3 amide bonds. The zero-order chi connectivity index (χ0) is 26.8. The Kier molecular flexibility index (Phi) is 11.3. The van der Waals surface area contributed by atoms with Crippen LogP contribution in [0.4, 0.5) is 4.39 Å². The minimum Gasteiger partial charge on any atom is -0.460 e. The Morgan fingerprint density at radius 1 is 1.03 bits per heavy atom. The molecule has 0 bridgehead atoms. The number of carbonyl (C=O) groups is 4. The van der Waals surface area contributed by atoms with Gasteiger partial charge in [0.2, 0.25) is 17.7 Å². The SMILES string of the molecule is CCCCC(C)C1CC(=O)NC(Cc2cccc(F)c2)C(=O)NC(C)C(=O)NC(C(C)CC)C(=O)O1. The van der Waals surface area contributed by atoms with Gasteiger partial charge in [0.15, 0.2) is 0 Å². The molecule has 1 aliphatic rings. The van der Waals surface area contributed by atoms with Gasteiger partial charge in [-0.2, -0.15) is 0 Å². The fourth-order valence-corrected chi connectivity index (χ4v) is 4.17. The van der Waals surface area contributed by atoms with E-state index in [1.54, 1.807) is 6.07 Å². The largest absolute Gasteiger partial charge is 0.460 e. The Labute approximate surface area is 213 Å². The third kappa shape index (κ3) is 8.60. The average molecular weight is 506 g/mol. The second-order valence-corrected chi connectivity index (χ2v) is 9.86. The second-order valence-electron chi connectivity index (χ2n) is 9.86. The first kappa shape index (κ1) is 29.3. The Morgan fingerprint density at radius 2 is 1.75 bits per heavy atom. The zero-order valence-corrected chi connectivity index (χ0v) is 21.9. The monoisotopic (exact) mass is 505 g/mol. The van der Waals surface area contributed by atoms with Gasteiger partial charge in [0, 0.05) is 6.42 Å². The van der Waals surface area contributed by atoms with E-state index in [9.17, 15) is 23.6 Å². The highest BCUT2D eigenvalue weighted by molar-refractivity contribution is 5.94. The van der Waals surface area contributed by atoms with Crippen molar-refractivity contribution in [2.45, 2.75) is 97.4 Å². The Bertz CT molecular complexity index is 924. The fraction of sp³-hybridized carbons (Fsp3) is 0.630. The number of hydrogen-bond donors (Lipinski definition) is 3. The first-order valence-electron chi connectivity index (χ1n) is 12.9. The summed E-state index contributed by atoms with van der Waals surface area (Å²) in [6, 6.07) is 2.86. The summed E-state index contributed by atoms with van der Waals surface area (Å²) >= 11 is 0. The van der Waals surface area contributed by atoms with Crippen molar-refractivity contribution in [3.05, 3.63) is 35.6 Å². The van der Waals surface area contributed by atoms with Crippen molar-refractivity contribution in [2.24, 2.45) is 11.8 Å². The van der Waals surface area contributed by atoms with Gasteiger partial charge in [-0.15, -0.1) is 0 Å². The van der Waals surface area contributed by atoms with Gasteiger partial charge >= 0.3 is 5.97 Å². The third-order valence-electron chi connectivity index (χ3n) is 6.80. The molecule has 0 spiro atoms. The predicted molar refractivity (Wildman–Crippen MR) is 134 cm³/mol. The van der Waals surface area contributed by atoms with Crippen LogP contribution in [0, 0.1) is 17.7 Å². The lowest BCUT2D eigenvalue weighted by Gasteiger charge is -2.29. The summed E-state index contributed by atoms with van der Waals surface area (Å²) in [5, 5.41) is 8.06. The molecule has 3 N–H and O–H groups in total. The van der Waals surface area contributed by atoms with Gasteiger partial charge in [-0.3, -0.25) is 14.4 Å². The predicted octanol–water partition coefficient (Wildman–Crippen LogP) is 3.03. The summed E-state index contributed by atoms with van der Waals surface area (Å²) in [5.74, 6) is -2.92. The number of ether oxygens (including phenoxy) is 1. The number of hydrogen-bond acceptors (Lipinski definition) is 5. The molecule has 6 atom stereocenters. The number of rotatable bonds is 8. The molecule has 0 aliphatic carbocycles. The van der Waals surface area contributed by atoms with Crippen LogP contribution in [0.1, 0.15) is 72.3 Å². The molecule has 36 heavy (non-hydrogen) atoms. The normalized spacial score (nSPS) is 25.7. The van der Waals surface area contributed by atoms with Crippen LogP contribution in [0.3, 0.4) is 0 Å². The van der Waals surface area contributed by atoms with E-state index in [2.05, 4.69) is 22.9 Å². The smallest absolute Gasteiger partial charge is 0.329 e. The Hall–Kier alpha value is -2.97. The molecular weight excluding hydrogens is 465 g/mol. The van der Waals surface area contributed by atoms with Crippen LogP contribution in [-0.2, 0) is 30.3 Å². The summed E-state index contributed by atoms with van der Waals surface area (Å²) in [5.41, 5.74) is 0.521. The first-order valence-corrected chi connectivity index (χ1v) is 12.9. The van der Waals surface area contributed by atoms with Crippen molar-refractivity contribution in [1.82, 2.24) is 16.0 Å². The highest BCUT2D eigenvalue weighted by Crippen LogP contribution is 2.21. The maximum absolute atomic E-state index is 13.7. The van der Waals surface area contributed by atoms with Gasteiger partial charge in [-0.05, 0) is 42.9 Å². The van der Waals surface area contributed by atoms with Crippen LogP contribution in [0.5, 0.6) is 0 Å². The molecule has 1 aromatic carbocycles. The van der Waals surface area contributed by atoms with E-state index in [0.29, 0.717) is 12.0 Å². The molecule has 1 heterocycles. The highest BCUT2D eigenvalue weighted by Gasteiger charge is 2.35. The van der Waals surface area contributed by atoms with Crippen LogP contribution in [0.2, 0.25) is 0 Å². The number of unbranched alkanes of at least 4 members (excludes halogenated alkanes) is 1. The molecule has 1 aliphatic heterocycles. The number of carbonyl (C=O) groups excluding carboxylic acids is 4. The number of nitrogens with one attached hydrogen (secondary N) is 3. The molecular formula is C27H40FN3O5. The quantitative estimate of drug-likeness (QED) is 0.470. The molecule has 200 valence electrons. The van der Waals surface area contributed by atoms with Crippen molar-refractivity contribution in [3.8, 4) is 0 Å². The van der Waals surface area contributed by atoms with Gasteiger partial charge < -0.3 is 20.7 Å². The average Bonchev–Trinajstić information content (AvgIpc) is 2.83. The van der Waals surface area contributed by atoms with Crippen LogP contribution in [0.25, 0.3) is 0 Å². The maximum Gasteiger partial charge on any atom is 0.329 e. The second kappa shape index (κ2) is 13.9. The van der Waals surface area contributed by atoms with Crippen LogP contribution >= 0.6 is 0 Å². The lowest BCUT2D eigenvalue weighted by atomic mass is 9.94. The Balaban J connectivity index is 2.39. The molecule has 8 nitrogen and oxygen atoms in total. The van der Waals surface area contributed by atoms with Gasteiger partial charge in [-0.1, -0.05) is 59.1 Å². The fourth-order valence-electron chi connectivity index (χ4n) is 4.17. The van der Waals surface area contributed by atoms with Crippen LogP contribution in [-0.4, -0.2) is 47.9 Å². The van der Waals surface area contributed by atoms with E-state index >= 15 is 0 Å². The van der Waals surface area contributed by atoms with Gasteiger partial charge in [-0.25, -0.2) is 9.18 Å². The van der Waals surface area contributed by atoms with E-state index in [0.717, 1.165) is 19.3 Å². The van der Waals surface area contributed by atoms with Gasteiger partial charge in [0.05, 0.1) is 6.42 Å².